The van der Waals surface area contributed by atoms with E-state index in [0.29, 0.717) is 47.7 Å². The maximum absolute atomic E-state index is 14.9. The number of halogens is 1. The lowest BCUT2D eigenvalue weighted by atomic mass is 9.93. The number of carbonyl (C=O) groups excluding carboxylic acids is 2. The van der Waals surface area contributed by atoms with Crippen LogP contribution in [-0.2, 0) is 6.42 Å². The Kier molecular flexibility index (Phi) is 7.25. The first-order chi connectivity index (χ1) is 16.5. The number of nitrogens with one attached hydrogen (secondary N) is 1. The molecule has 0 saturated heterocycles. The molecule has 0 spiro atoms. The quantitative estimate of drug-likeness (QED) is 0.291. The fourth-order valence-corrected chi connectivity index (χ4v) is 4.33. The smallest absolute Gasteiger partial charge is 0.254 e. The summed E-state index contributed by atoms with van der Waals surface area (Å²) in [6, 6.07) is 8.33. The van der Waals surface area contributed by atoms with Crippen LogP contribution in [0.1, 0.15) is 72.2 Å². The van der Waals surface area contributed by atoms with Gasteiger partial charge in [-0.3, -0.25) is 14.6 Å². The summed E-state index contributed by atoms with van der Waals surface area (Å²) < 4.78 is 20.5. The first-order valence-corrected chi connectivity index (χ1v) is 12.1. The van der Waals surface area contributed by atoms with Crippen molar-refractivity contribution in [2.45, 2.75) is 52.4 Å². The Balaban J connectivity index is 1.74. The summed E-state index contributed by atoms with van der Waals surface area (Å²) in [4.78, 5) is 29.8. The average molecular weight is 463 g/mol. The average Bonchev–Trinajstić information content (AvgIpc) is 3.66. The highest BCUT2D eigenvalue weighted by Crippen LogP contribution is 2.38. The van der Waals surface area contributed by atoms with Gasteiger partial charge in [0.1, 0.15) is 11.6 Å². The summed E-state index contributed by atoms with van der Waals surface area (Å²) in [6.07, 6.45) is 6.96. The van der Waals surface area contributed by atoms with Crippen molar-refractivity contribution in [3.63, 3.8) is 0 Å². The molecule has 1 saturated carbocycles. The highest BCUT2D eigenvalue weighted by Gasteiger charge is 2.26. The van der Waals surface area contributed by atoms with E-state index in [1.54, 1.807) is 19.4 Å². The first-order valence-electron chi connectivity index (χ1n) is 12.1. The molecule has 0 radical (unpaired) electrons. The molecule has 0 unspecified atom stereocenters. The summed E-state index contributed by atoms with van der Waals surface area (Å²) in [5, 5.41) is 3.62. The van der Waals surface area contributed by atoms with E-state index in [1.807, 2.05) is 26.0 Å². The number of unbranched alkanes of at least 4 members (excludes halogenated alkanes) is 1. The molecule has 0 atom stereocenters. The Labute approximate surface area is 199 Å². The number of hydrogen-bond donors (Lipinski definition) is 1. The van der Waals surface area contributed by atoms with E-state index >= 15 is 0 Å². The molecule has 6 heteroatoms. The fourth-order valence-electron chi connectivity index (χ4n) is 4.33. The molecule has 34 heavy (non-hydrogen) atoms. The second-order valence-electron chi connectivity index (χ2n) is 8.95. The summed E-state index contributed by atoms with van der Waals surface area (Å²) in [5.41, 5.74) is 3.65. The third-order valence-electron chi connectivity index (χ3n) is 6.47. The molecule has 1 N–H and O–H groups in total. The number of hydrogen-bond acceptors (Lipinski definition) is 4. The number of benzene rings is 2. The van der Waals surface area contributed by atoms with Crippen molar-refractivity contribution in [3.05, 3.63) is 59.0 Å². The van der Waals surface area contributed by atoms with E-state index in [4.69, 9.17) is 4.74 Å². The standard InChI is InChI=1S/C28H31FN2O3/c1-4-6-11-30-28(33)20-10-9-18(13-24(20)29)21-14-22-19(5-2)23(26(32)12-17-7-8-17)16-31-25(22)15-27(21)34-3/h9-10,13-17H,4-8,11-12H2,1-3H3,(H,30,33). The molecule has 1 aliphatic rings. The number of fused-ring (bicyclic) bond motifs is 1. The minimum atomic E-state index is -0.587. The highest BCUT2D eigenvalue weighted by atomic mass is 19.1. The number of nitrogens with zero attached hydrogens (tertiary/aromatic N) is 1. The van der Waals surface area contributed by atoms with Crippen LogP contribution in [0.4, 0.5) is 4.39 Å². The monoisotopic (exact) mass is 462 g/mol. The van der Waals surface area contributed by atoms with E-state index in [9.17, 15) is 14.0 Å². The third-order valence-corrected chi connectivity index (χ3v) is 6.47. The number of ketones is 1. The number of aromatic nitrogens is 1. The van der Waals surface area contributed by atoms with Gasteiger partial charge < -0.3 is 10.1 Å². The molecule has 2 aromatic carbocycles. The van der Waals surface area contributed by atoms with Gasteiger partial charge in [0.25, 0.3) is 5.91 Å². The van der Waals surface area contributed by atoms with Crippen LogP contribution in [0.3, 0.4) is 0 Å². The normalized spacial score (nSPS) is 13.2. The number of rotatable bonds is 10. The van der Waals surface area contributed by atoms with Crippen molar-refractivity contribution in [2.75, 3.05) is 13.7 Å². The lowest BCUT2D eigenvalue weighted by molar-refractivity contribution is 0.0946. The van der Waals surface area contributed by atoms with Gasteiger partial charge in [0.15, 0.2) is 5.78 Å². The SMILES string of the molecule is CCCCNC(=O)c1ccc(-c2cc3c(CC)c(C(=O)CC4CC4)cnc3cc2OC)cc1F. The van der Waals surface area contributed by atoms with Crippen molar-refractivity contribution >= 4 is 22.6 Å². The van der Waals surface area contributed by atoms with Crippen LogP contribution in [-0.4, -0.2) is 30.3 Å². The second-order valence-corrected chi connectivity index (χ2v) is 8.95. The van der Waals surface area contributed by atoms with Crippen molar-refractivity contribution in [3.8, 4) is 16.9 Å². The van der Waals surface area contributed by atoms with Gasteiger partial charge in [-0.15, -0.1) is 0 Å². The maximum Gasteiger partial charge on any atom is 0.254 e. The number of aryl methyl sites for hydroxylation is 1. The van der Waals surface area contributed by atoms with Crippen LogP contribution >= 0.6 is 0 Å². The number of carbonyl (C=O) groups is 2. The summed E-state index contributed by atoms with van der Waals surface area (Å²) in [5.74, 6) is 0.185. The Bertz CT molecular complexity index is 1230. The zero-order valence-electron chi connectivity index (χ0n) is 20.0. The zero-order chi connectivity index (χ0) is 24.2. The van der Waals surface area contributed by atoms with Crippen molar-refractivity contribution in [1.29, 1.82) is 0 Å². The fraction of sp³-hybridized carbons (Fsp3) is 0.393. The lowest BCUT2D eigenvalue weighted by Crippen LogP contribution is -2.25. The zero-order valence-corrected chi connectivity index (χ0v) is 20.0. The van der Waals surface area contributed by atoms with Gasteiger partial charge in [0, 0.05) is 41.7 Å². The number of pyridine rings is 1. The molecule has 1 amide bonds. The van der Waals surface area contributed by atoms with E-state index in [-0.39, 0.29) is 11.3 Å². The van der Waals surface area contributed by atoms with Gasteiger partial charge in [-0.25, -0.2) is 4.39 Å². The molecule has 3 aromatic rings. The van der Waals surface area contributed by atoms with Crippen molar-refractivity contribution in [2.24, 2.45) is 5.92 Å². The summed E-state index contributed by atoms with van der Waals surface area (Å²) >= 11 is 0. The number of methoxy groups -OCH3 is 1. The molecule has 1 heterocycles. The predicted molar refractivity (Wildman–Crippen MR) is 132 cm³/mol. The summed E-state index contributed by atoms with van der Waals surface area (Å²) in [7, 11) is 1.56. The molecule has 5 nitrogen and oxygen atoms in total. The topological polar surface area (TPSA) is 68.3 Å². The minimum absolute atomic E-state index is 0.0171. The van der Waals surface area contributed by atoms with Crippen LogP contribution in [0.5, 0.6) is 5.75 Å². The van der Waals surface area contributed by atoms with Gasteiger partial charge in [0.2, 0.25) is 0 Å². The summed E-state index contributed by atoms with van der Waals surface area (Å²) in [6.45, 7) is 4.58. The molecule has 1 fully saturated rings. The van der Waals surface area contributed by atoms with Crippen molar-refractivity contribution < 1.29 is 18.7 Å². The Morgan fingerprint density at radius 3 is 2.59 bits per heavy atom. The van der Waals surface area contributed by atoms with Crippen molar-refractivity contribution in [1.82, 2.24) is 10.3 Å². The molecule has 4 rings (SSSR count). The second kappa shape index (κ2) is 10.3. The first kappa shape index (κ1) is 23.9. The molecule has 0 bridgehead atoms. The van der Waals surface area contributed by atoms with Crippen LogP contribution < -0.4 is 10.1 Å². The predicted octanol–water partition coefficient (Wildman–Crippen LogP) is 6.12. The van der Waals surface area contributed by atoms with E-state index in [2.05, 4.69) is 10.3 Å². The molecule has 1 aliphatic carbocycles. The molecule has 0 aliphatic heterocycles. The highest BCUT2D eigenvalue weighted by molar-refractivity contribution is 6.03. The number of amides is 1. The van der Waals surface area contributed by atoms with Crippen LogP contribution in [0, 0.1) is 11.7 Å². The Hall–Kier alpha value is -3.28. The van der Waals surface area contributed by atoms with Gasteiger partial charge in [-0.2, -0.15) is 0 Å². The third kappa shape index (κ3) is 4.96. The molecule has 1 aromatic heterocycles. The maximum atomic E-state index is 14.9. The van der Waals surface area contributed by atoms with Gasteiger partial charge >= 0.3 is 0 Å². The van der Waals surface area contributed by atoms with E-state index < -0.39 is 11.7 Å². The largest absolute Gasteiger partial charge is 0.496 e. The van der Waals surface area contributed by atoms with Crippen LogP contribution in [0.2, 0.25) is 0 Å². The molecular formula is C28H31FN2O3. The number of ether oxygens (including phenoxy) is 1. The van der Waals surface area contributed by atoms with Crippen LogP contribution in [0.25, 0.3) is 22.0 Å². The number of Topliss-reactive ketones (excluding diaryl/α,β-unsaturated/α-hetero) is 1. The Morgan fingerprint density at radius 2 is 1.94 bits per heavy atom. The molecular weight excluding hydrogens is 431 g/mol. The Morgan fingerprint density at radius 1 is 1.15 bits per heavy atom. The molecule has 178 valence electrons. The van der Waals surface area contributed by atoms with E-state index in [1.165, 1.54) is 12.1 Å². The van der Waals surface area contributed by atoms with Gasteiger partial charge in [0.05, 0.1) is 18.2 Å². The van der Waals surface area contributed by atoms with Gasteiger partial charge in [-0.1, -0.05) is 26.3 Å². The van der Waals surface area contributed by atoms with Crippen LogP contribution in [0.15, 0.2) is 36.5 Å². The minimum Gasteiger partial charge on any atom is -0.496 e. The van der Waals surface area contributed by atoms with E-state index in [0.717, 1.165) is 42.1 Å². The van der Waals surface area contributed by atoms with Gasteiger partial charge in [-0.05, 0) is 60.9 Å². The lowest BCUT2D eigenvalue weighted by Gasteiger charge is -2.15.